The molecular weight excluding hydrogens is 232 g/mol. The summed E-state index contributed by atoms with van der Waals surface area (Å²) in [6, 6.07) is 0.776. The number of rotatable bonds is 4. The van der Waals surface area contributed by atoms with E-state index in [9.17, 15) is 0 Å². The lowest BCUT2D eigenvalue weighted by molar-refractivity contribution is 0.0803. The van der Waals surface area contributed by atoms with E-state index in [0.29, 0.717) is 5.92 Å². The molecule has 2 heterocycles. The molecule has 1 saturated heterocycles. The molecule has 1 aromatic heterocycles. The first-order valence-electron chi connectivity index (χ1n) is 6.60. The smallest absolute Gasteiger partial charge is 0.0985 e. The van der Waals surface area contributed by atoms with Crippen molar-refractivity contribution >= 4 is 11.3 Å². The first-order chi connectivity index (χ1) is 8.33. The Morgan fingerprint density at radius 1 is 1.41 bits per heavy atom. The number of thiazole rings is 1. The number of nitrogens with zero attached hydrogens (tertiary/aromatic N) is 1. The lowest BCUT2D eigenvalue weighted by atomic mass is 10.0. The van der Waals surface area contributed by atoms with Gasteiger partial charge in [-0.25, -0.2) is 4.98 Å². The largest absolute Gasteiger partial charge is 0.381 e. The summed E-state index contributed by atoms with van der Waals surface area (Å²) in [4.78, 5) is 6.15. The Morgan fingerprint density at radius 2 is 2.29 bits per heavy atom. The molecule has 1 saturated carbocycles. The highest BCUT2D eigenvalue weighted by Gasteiger charge is 2.23. The van der Waals surface area contributed by atoms with E-state index in [1.54, 1.807) is 0 Å². The SMILES string of the molecule is Cc1nc(C2CCCOC2)sc1CNC1CC1. The maximum Gasteiger partial charge on any atom is 0.0985 e. The molecule has 0 spiro atoms. The van der Waals surface area contributed by atoms with Gasteiger partial charge in [-0.15, -0.1) is 11.3 Å². The summed E-state index contributed by atoms with van der Waals surface area (Å²) >= 11 is 1.88. The molecular formula is C13H20N2OS. The summed E-state index contributed by atoms with van der Waals surface area (Å²) in [5.41, 5.74) is 1.21. The van der Waals surface area contributed by atoms with Crippen molar-refractivity contribution in [2.45, 2.75) is 51.1 Å². The van der Waals surface area contributed by atoms with Gasteiger partial charge in [0.2, 0.25) is 0 Å². The molecule has 94 valence electrons. The van der Waals surface area contributed by atoms with E-state index in [1.807, 2.05) is 11.3 Å². The van der Waals surface area contributed by atoms with Gasteiger partial charge in [-0.2, -0.15) is 0 Å². The Morgan fingerprint density at radius 3 is 3.00 bits per heavy atom. The van der Waals surface area contributed by atoms with Crippen molar-refractivity contribution in [2.75, 3.05) is 13.2 Å². The van der Waals surface area contributed by atoms with Gasteiger partial charge in [0.05, 0.1) is 17.3 Å². The first-order valence-corrected chi connectivity index (χ1v) is 7.42. The van der Waals surface area contributed by atoms with E-state index < -0.39 is 0 Å². The fourth-order valence-corrected chi connectivity index (χ4v) is 3.39. The van der Waals surface area contributed by atoms with Crippen LogP contribution in [0.5, 0.6) is 0 Å². The zero-order valence-electron chi connectivity index (χ0n) is 10.4. The molecule has 2 aliphatic rings. The monoisotopic (exact) mass is 252 g/mol. The molecule has 1 unspecified atom stereocenters. The maximum absolute atomic E-state index is 5.54. The molecule has 3 rings (SSSR count). The maximum atomic E-state index is 5.54. The molecule has 3 nitrogen and oxygen atoms in total. The van der Waals surface area contributed by atoms with Crippen LogP contribution in [-0.4, -0.2) is 24.2 Å². The molecule has 2 fully saturated rings. The average molecular weight is 252 g/mol. The third kappa shape index (κ3) is 2.87. The van der Waals surface area contributed by atoms with Crippen LogP contribution in [0.2, 0.25) is 0 Å². The molecule has 4 heteroatoms. The molecule has 17 heavy (non-hydrogen) atoms. The van der Waals surface area contributed by atoms with Crippen LogP contribution < -0.4 is 5.32 Å². The van der Waals surface area contributed by atoms with Gasteiger partial charge in [0, 0.05) is 30.0 Å². The second-order valence-electron chi connectivity index (χ2n) is 5.13. The Kier molecular flexibility index (Phi) is 3.45. The van der Waals surface area contributed by atoms with Crippen LogP contribution >= 0.6 is 11.3 Å². The third-order valence-electron chi connectivity index (χ3n) is 3.55. The first kappa shape index (κ1) is 11.6. The number of hydrogen-bond donors (Lipinski definition) is 1. The minimum absolute atomic E-state index is 0.544. The van der Waals surface area contributed by atoms with Crippen molar-refractivity contribution < 1.29 is 4.74 Å². The van der Waals surface area contributed by atoms with Crippen molar-refractivity contribution in [2.24, 2.45) is 0 Å². The quantitative estimate of drug-likeness (QED) is 0.894. The highest BCUT2D eigenvalue weighted by molar-refractivity contribution is 7.11. The van der Waals surface area contributed by atoms with E-state index >= 15 is 0 Å². The van der Waals surface area contributed by atoms with E-state index in [-0.39, 0.29) is 0 Å². The van der Waals surface area contributed by atoms with Gasteiger partial charge in [0.1, 0.15) is 0 Å². The van der Waals surface area contributed by atoms with Crippen molar-refractivity contribution in [3.63, 3.8) is 0 Å². The molecule has 0 aromatic carbocycles. The van der Waals surface area contributed by atoms with E-state index in [4.69, 9.17) is 9.72 Å². The summed E-state index contributed by atoms with van der Waals surface area (Å²) in [5.74, 6) is 0.544. The molecule has 1 aromatic rings. The number of aromatic nitrogens is 1. The fraction of sp³-hybridized carbons (Fsp3) is 0.769. The summed E-state index contributed by atoms with van der Waals surface area (Å²) in [6.45, 7) is 4.93. The Balaban J connectivity index is 1.65. The van der Waals surface area contributed by atoms with Gasteiger partial charge in [-0.3, -0.25) is 0 Å². The second kappa shape index (κ2) is 5.04. The van der Waals surface area contributed by atoms with Crippen LogP contribution in [0.4, 0.5) is 0 Å². The predicted molar refractivity (Wildman–Crippen MR) is 69.5 cm³/mol. The van der Waals surface area contributed by atoms with Gasteiger partial charge in [0.15, 0.2) is 0 Å². The van der Waals surface area contributed by atoms with Crippen LogP contribution in [0.3, 0.4) is 0 Å². The summed E-state index contributed by atoms with van der Waals surface area (Å²) in [7, 11) is 0. The molecule has 1 atom stereocenters. The fourth-order valence-electron chi connectivity index (χ4n) is 2.25. The zero-order valence-corrected chi connectivity index (χ0v) is 11.2. The van der Waals surface area contributed by atoms with Crippen LogP contribution in [0.1, 0.15) is 47.2 Å². The Labute approximate surface area is 107 Å². The summed E-state index contributed by atoms with van der Waals surface area (Å²) in [5, 5.41) is 4.86. The lowest BCUT2D eigenvalue weighted by Crippen LogP contribution is -2.15. The lowest BCUT2D eigenvalue weighted by Gasteiger charge is -2.19. The number of ether oxygens (including phenoxy) is 1. The van der Waals surface area contributed by atoms with Gasteiger partial charge >= 0.3 is 0 Å². The van der Waals surface area contributed by atoms with Crippen molar-refractivity contribution in [1.29, 1.82) is 0 Å². The molecule has 1 N–H and O–H groups in total. The highest BCUT2D eigenvalue weighted by atomic mass is 32.1. The van der Waals surface area contributed by atoms with Crippen LogP contribution in [0, 0.1) is 6.92 Å². The number of nitrogens with one attached hydrogen (secondary N) is 1. The summed E-state index contributed by atoms with van der Waals surface area (Å²) < 4.78 is 5.54. The molecule has 1 aliphatic carbocycles. The Bertz CT molecular complexity index is 381. The molecule has 0 amide bonds. The Hall–Kier alpha value is -0.450. The second-order valence-corrected chi connectivity index (χ2v) is 6.25. The van der Waals surface area contributed by atoms with Crippen LogP contribution in [0.15, 0.2) is 0 Å². The van der Waals surface area contributed by atoms with Gasteiger partial charge in [-0.1, -0.05) is 0 Å². The number of aryl methyl sites for hydroxylation is 1. The van der Waals surface area contributed by atoms with Gasteiger partial charge in [-0.05, 0) is 32.6 Å². The number of hydrogen-bond acceptors (Lipinski definition) is 4. The van der Waals surface area contributed by atoms with Crippen molar-refractivity contribution in [1.82, 2.24) is 10.3 Å². The standard InChI is InChI=1S/C13H20N2OS/c1-9-12(7-14-11-4-5-11)17-13(15-9)10-3-2-6-16-8-10/h10-11,14H,2-8H2,1H3. The molecule has 1 aliphatic heterocycles. The summed E-state index contributed by atoms with van der Waals surface area (Å²) in [6.07, 6.45) is 5.11. The third-order valence-corrected chi connectivity index (χ3v) is 4.87. The normalized spacial score (nSPS) is 25.1. The van der Waals surface area contributed by atoms with Crippen molar-refractivity contribution in [3.8, 4) is 0 Å². The van der Waals surface area contributed by atoms with E-state index in [2.05, 4.69) is 12.2 Å². The minimum Gasteiger partial charge on any atom is -0.381 e. The van der Waals surface area contributed by atoms with Crippen LogP contribution in [-0.2, 0) is 11.3 Å². The van der Waals surface area contributed by atoms with Gasteiger partial charge < -0.3 is 10.1 Å². The van der Waals surface area contributed by atoms with Gasteiger partial charge in [0.25, 0.3) is 0 Å². The predicted octanol–water partition coefficient (Wildman–Crippen LogP) is 2.60. The van der Waals surface area contributed by atoms with E-state index in [1.165, 1.54) is 41.3 Å². The average Bonchev–Trinajstić information content (AvgIpc) is 3.12. The van der Waals surface area contributed by atoms with E-state index in [0.717, 1.165) is 25.8 Å². The zero-order chi connectivity index (χ0) is 11.7. The molecule has 0 bridgehead atoms. The highest BCUT2D eigenvalue weighted by Crippen LogP contribution is 2.31. The van der Waals surface area contributed by atoms with Crippen molar-refractivity contribution in [3.05, 3.63) is 15.6 Å². The van der Waals surface area contributed by atoms with Crippen LogP contribution in [0.25, 0.3) is 0 Å². The molecule has 0 radical (unpaired) electrons. The minimum atomic E-state index is 0.544. The topological polar surface area (TPSA) is 34.1 Å².